The van der Waals surface area contributed by atoms with Crippen LogP contribution in [0.5, 0.6) is 0 Å². The van der Waals surface area contributed by atoms with Crippen LogP contribution in [0.15, 0.2) is 42.5 Å². The third kappa shape index (κ3) is 3.95. The molecule has 0 aliphatic rings. The van der Waals surface area contributed by atoms with Gasteiger partial charge in [-0.05, 0) is 46.4 Å². The Balaban J connectivity index is 2.24. The second kappa shape index (κ2) is 6.75. The lowest BCUT2D eigenvalue weighted by Gasteiger charge is -2.19. The number of hydrogen-bond acceptors (Lipinski definition) is 2. The first-order valence-electron chi connectivity index (χ1n) is 7.52. The number of hydrogen-bond donors (Lipinski definition) is 2. The van der Waals surface area contributed by atoms with Crippen LogP contribution >= 0.6 is 0 Å². The summed E-state index contributed by atoms with van der Waals surface area (Å²) in [6, 6.07) is 17.0. The van der Waals surface area contributed by atoms with E-state index in [4.69, 9.17) is 5.73 Å². The molecule has 2 aromatic carbocycles. The monoisotopic (exact) mass is 295 g/mol. The second-order valence-corrected chi connectivity index (χ2v) is 6.38. The smallest absolute Gasteiger partial charge is 0.251 e. The standard InChI is InChI=1S/C19H23N2O/c1-19(2,3)17-9-7-14(8-10-17)15-5-4-6-16(13-15)18(22)21-12-11-20/h5-10,13H,11-12,20H2,1-3H3,(H,21,22). The SMILES string of the molecule is CC(C)(C)c1ccc(-c2c[c]cc(C(=O)NCCN)c2)cc1. The molecule has 0 fully saturated rings. The number of nitrogens with one attached hydrogen (secondary N) is 1. The fraction of sp³-hybridized carbons (Fsp3) is 0.316. The van der Waals surface area contributed by atoms with Crippen LogP contribution in [-0.4, -0.2) is 19.0 Å². The average Bonchev–Trinajstić information content (AvgIpc) is 2.52. The topological polar surface area (TPSA) is 55.1 Å². The molecule has 0 saturated heterocycles. The fourth-order valence-electron chi connectivity index (χ4n) is 2.22. The Kier molecular flexibility index (Phi) is 4.99. The molecule has 0 aliphatic heterocycles. The summed E-state index contributed by atoms with van der Waals surface area (Å²) < 4.78 is 0. The molecule has 0 atom stereocenters. The summed E-state index contributed by atoms with van der Waals surface area (Å²) in [5.41, 5.74) is 9.50. The highest BCUT2D eigenvalue weighted by atomic mass is 16.1. The van der Waals surface area contributed by atoms with Gasteiger partial charge in [0.1, 0.15) is 0 Å². The zero-order chi connectivity index (χ0) is 16.2. The van der Waals surface area contributed by atoms with Gasteiger partial charge in [-0.1, -0.05) is 45.0 Å². The van der Waals surface area contributed by atoms with Crippen molar-refractivity contribution in [2.45, 2.75) is 26.2 Å². The molecular formula is C19H23N2O. The molecule has 3 heteroatoms. The molecular weight excluding hydrogens is 272 g/mol. The maximum absolute atomic E-state index is 12.0. The van der Waals surface area contributed by atoms with Gasteiger partial charge in [-0.2, -0.15) is 0 Å². The number of carbonyl (C=O) groups excluding carboxylic acids is 1. The van der Waals surface area contributed by atoms with Crippen LogP contribution in [-0.2, 0) is 5.41 Å². The molecule has 0 bridgehead atoms. The summed E-state index contributed by atoms with van der Waals surface area (Å²) in [7, 11) is 0. The van der Waals surface area contributed by atoms with E-state index in [0.717, 1.165) is 11.1 Å². The van der Waals surface area contributed by atoms with Crippen molar-refractivity contribution < 1.29 is 4.79 Å². The second-order valence-electron chi connectivity index (χ2n) is 6.38. The molecule has 0 unspecified atom stereocenters. The summed E-state index contributed by atoms with van der Waals surface area (Å²) in [6.45, 7) is 7.49. The van der Waals surface area contributed by atoms with Crippen LogP contribution in [0.3, 0.4) is 0 Å². The van der Waals surface area contributed by atoms with Crippen molar-refractivity contribution in [3.05, 3.63) is 59.7 Å². The van der Waals surface area contributed by atoms with E-state index in [1.165, 1.54) is 5.56 Å². The highest BCUT2D eigenvalue weighted by Gasteiger charge is 2.13. The van der Waals surface area contributed by atoms with Crippen LogP contribution in [0.25, 0.3) is 11.1 Å². The van der Waals surface area contributed by atoms with Crippen LogP contribution in [0.1, 0.15) is 36.7 Å². The molecule has 3 nitrogen and oxygen atoms in total. The van der Waals surface area contributed by atoms with E-state index in [1.54, 1.807) is 6.07 Å². The number of nitrogens with two attached hydrogens (primary N) is 1. The van der Waals surface area contributed by atoms with Crippen molar-refractivity contribution in [2.24, 2.45) is 5.73 Å². The van der Waals surface area contributed by atoms with E-state index in [2.05, 4.69) is 56.4 Å². The summed E-state index contributed by atoms with van der Waals surface area (Å²) in [5.74, 6) is -0.116. The van der Waals surface area contributed by atoms with Crippen molar-refractivity contribution in [3.63, 3.8) is 0 Å². The van der Waals surface area contributed by atoms with Crippen LogP contribution in [0.4, 0.5) is 0 Å². The maximum atomic E-state index is 12.0. The largest absolute Gasteiger partial charge is 0.351 e. The van der Waals surface area contributed by atoms with Crippen LogP contribution in [0, 0.1) is 6.07 Å². The molecule has 2 aromatic rings. The van der Waals surface area contributed by atoms with Crippen LogP contribution < -0.4 is 11.1 Å². The van der Waals surface area contributed by atoms with Crippen molar-refractivity contribution >= 4 is 5.91 Å². The first-order valence-corrected chi connectivity index (χ1v) is 7.52. The molecule has 0 heterocycles. The third-order valence-electron chi connectivity index (χ3n) is 3.57. The van der Waals surface area contributed by atoms with Gasteiger partial charge in [0.2, 0.25) is 0 Å². The third-order valence-corrected chi connectivity index (χ3v) is 3.57. The van der Waals surface area contributed by atoms with Gasteiger partial charge in [-0.15, -0.1) is 0 Å². The lowest BCUT2D eigenvalue weighted by Crippen LogP contribution is -2.28. The number of rotatable bonds is 4. The van der Waals surface area contributed by atoms with E-state index in [0.29, 0.717) is 18.7 Å². The Labute approximate surface area is 132 Å². The highest BCUT2D eigenvalue weighted by molar-refractivity contribution is 5.95. The van der Waals surface area contributed by atoms with Gasteiger partial charge in [-0.25, -0.2) is 0 Å². The number of benzene rings is 2. The quantitative estimate of drug-likeness (QED) is 0.910. The van der Waals surface area contributed by atoms with Crippen molar-refractivity contribution in [3.8, 4) is 11.1 Å². The summed E-state index contributed by atoms with van der Waals surface area (Å²) in [5, 5.41) is 2.77. The normalized spacial score (nSPS) is 11.3. The molecule has 0 aliphatic carbocycles. The molecule has 2 rings (SSSR count). The average molecular weight is 295 g/mol. The number of amides is 1. The minimum absolute atomic E-state index is 0.116. The Bertz CT molecular complexity index is 639. The zero-order valence-electron chi connectivity index (χ0n) is 13.4. The predicted octanol–water partition coefficient (Wildman–Crippen LogP) is 3.14. The first-order chi connectivity index (χ1) is 10.4. The van der Waals surface area contributed by atoms with E-state index in [1.807, 2.05) is 12.1 Å². The van der Waals surface area contributed by atoms with Crippen molar-refractivity contribution in [1.29, 1.82) is 0 Å². The molecule has 22 heavy (non-hydrogen) atoms. The lowest BCUT2D eigenvalue weighted by atomic mass is 9.86. The van der Waals surface area contributed by atoms with Crippen LogP contribution in [0.2, 0.25) is 0 Å². The first kappa shape index (κ1) is 16.2. The molecule has 0 saturated carbocycles. The fourth-order valence-corrected chi connectivity index (χ4v) is 2.22. The molecule has 3 N–H and O–H groups in total. The molecule has 1 radical (unpaired) electrons. The molecule has 0 aromatic heterocycles. The van der Waals surface area contributed by atoms with E-state index >= 15 is 0 Å². The Morgan fingerprint density at radius 2 is 1.82 bits per heavy atom. The summed E-state index contributed by atoms with van der Waals surface area (Å²) >= 11 is 0. The van der Waals surface area contributed by atoms with Gasteiger partial charge in [-0.3, -0.25) is 4.79 Å². The van der Waals surface area contributed by atoms with Gasteiger partial charge in [0.25, 0.3) is 5.91 Å². The van der Waals surface area contributed by atoms with Crippen molar-refractivity contribution in [1.82, 2.24) is 5.32 Å². The molecule has 115 valence electrons. The number of carbonyl (C=O) groups is 1. The highest BCUT2D eigenvalue weighted by Crippen LogP contribution is 2.26. The Hall–Kier alpha value is -2.13. The minimum Gasteiger partial charge on any atom is -0.351 e. The molecule has 0 spiro atoms. The Morgan fingerprint density at radius 3 is 2.41 bits per heavy atom. The van der Waals surface area contributed by atoms with Gasteiger partial charge in [0, 0.05) is 18.7 Å². The summed E-state index contributed by atoms with van der Waals surface area (Å²) in [4.78, 5) is 12.0. The predicted molar refractivity (Wildman–Crippen MR) is 90.8 cm³/mol. The van der Waals surface area contributed by atoms with Gasteiger partial charge >= 0.3 is 0 Å². The van der Waals surface area contributed by atoms with Crippen molar-refractivity contribution in [2.75, 3.05) is 13.1 Å². The Morgan fingerprint density at radius 1 is 1.14 bits per heavy atom. The van der Waals surface area contributed by atoms with E-state index in [-0.39, 0.29) is 11.3 Å². The summed E-state index contributed by atoms with van der Waals surface area (Å²) in [6.07, 6.45) is 0. The van der Waals surface area contributed by atoms with E-state index in [9.17, 15) is 4.79 Å². The maximum Gasteiger partial charge on any atom is 0.251 e. The molecule has 1 amide bonds. The zero-order valence-corrected chi connectivity index (χ0v) is 13.4. The lowest BCUT2D eigenvalue weighted by molar-refractivity contribution is 0.0955. The minimum atomic E-state index is -0.116. The van der Waals surface area contributed by atoms with Gasteiger partial charge in [0.05, 0.1) is 0 Å². The van der Waals surface area contributed by atoms with E-state index < -0.39 is 0 Å². The van der Waals surface area contributed by atoms with Gasteiger partial charge in [0.15, 0.2) is 0 Å². The van der Waals surface area contributed by atoms with Gasteiger partial charge < -0.3 is 11.1 Å².